The molecule has 8 nitrogen and oxygen atoms in total. The van der Waals surface area contributed by atoms with Crippen molar-refractivity contribution in [1.82, 2.24) is 15.1 Å². The molecule has 1 aromatic carbocycles. The van der Waals surface area contributed by atoms with Gasteiger partial charge in [-0.25, -0.2) is 9.59 Å². The summed E-state index contributed by atoms with van der Waals surface area (Å²) in [4.78, 5) is 29.2. The third-order valence-electron chi connectivity index (χ3n) is 5.33. The Labute approximate surface area is 182 Å². The summed E-state index contributed by atoms with van der Waals surface area (Å²) >= 11 is 6.28. The van der Waals surface area contributed by atoms with Gasteiger partial charge in [-0.3, -0.25) is 4.90 Å². The van der Waals surface area contributed by atoms with Gasteiger partial charge in [0.1, 0.15) is 5.60 Å². The van der Waals surface area contributed by atoms with Crippen molar-refractivity contribution in [2.24, 2.45) is 0 Å². The molecule has 0 bridgehead atoms. The van der Waals surface area contributed by atoms with Crippen LogP contribution in [0.4, 0.5) is 15.3 Å². The van der Waals surface area contributed by atoms with Gasteiger partial charge in [0.25, 0.3) is 0 Å². The van der Waals surface area contributed by atoms with Crippen LogP contribution in [-0.2, 0) is 11.3 Å². The Morgan fingerprint density at radius 1 is 1.20 bits per heavy atom. The number of carboxylic acid groups (broad SMARTS) is 1. The highest BCUT2D eigenvalue weighted by atomic mass is 35.5. The van der Waals surface area contributed by atoms with Crippen molar-refractivity contribution in [2.45, 2.75) is 45.4 Å². The number of benzene rings is 1. The lowest BCUT2D eigenvalue weighted by atomic mass is 10.1. The van der Waals surface area contributed by atoms with E-state index in [9.17, 15) is 9.59 Å². The van der Waals surface area contributed by atoms with E-state index in [1.54, 1.807) is 0 Å². The molecule has 30 heavy (non-hydrogen) atoms. The molecule has 2 aliphatic heterocycles. The summed E-state index contributed by atoms with van der Waals surface area (Å²) in [6, 6.07) is 5.92. The molecule has 0 spiro atoms. The number of piperazine rings is 1. The van der Waals surface area contributed by atoms with Crippen LogP contribution in [0.5, 0.6) is 0 Å². The summed E-state index contributed by atoms with van der Waals surface area (Å²) in [6.45, 7) is 10.2. The van der Waals surface area contributed by atoms with Gasteiger partial charge in [0, 0.05) is 56.5 Å². The summed E-state index contributed by atoms with van der Waals surface area (Å²) in [5.74, 6) is 0. The van der Waals surface area contributed by atoms with Crippen LogP contribution in [0.3, 0.4) is 0 Å². The van der Waals surface area contributed by atoms with Crippen LogP contribution in [0, 0.1) is 0 Å². The Kier molecular flexibility index (Phi) is 6.98. The smallest absolute Gasteiger partial charge is 0.407 e. The molecular weight excluding hydrogens is 408 g/mol. The molecule has 0 radical (unpaired) electrons. The number of carbonyl (C=O) groups is 2. The Hall–Kier alpha value is -2.19. The summed E-state index contributed by atoms with van der Waals surface area (Å²) in [6.07, 6.45) is -0.415. The molecule has 0 saturated carbocycles. The maximum Gasteiger partial charge on any atom is 0.407 e. The molecule has 2 heterocycles. The fourth-order valence-electron chi connectivity index (χ4n) is 3.87. The zero-order valence-corrected chi connectivity index (χ0v) is 18.6. The molecule has 9 heteroatoms. The van der Waals surface area contributed by atoms with E-state index in [4.69, 9.17) is 21.4 Å². The zero-order valence-electron chi connectivity index (χ0n) is 17.9. The maximum absolute atomic E-state index is 12.1. The van der Waals surface area contributed by atoms with Crippen LogP contribution in [-0.4, -0.2) is 78.0 Å². The van der Waals surface area contributed by atoms with Crippen LogP contribution < -0.4 is 10.2 Å². The SMILES string of the molecule is CC(C)(C)OC(=O)N[C@@H]1CCN(c2cc(Cl)ccc2CN2CCN(C(=O)O)CC2)C1. The van der Waals surface area contributed by atoms with Crippen LogP contribution in [0.25, 0.3) is 0 Å². The topological polar surface area (TPSA) is 85.4 Å². The molecular formula is C21H31ClN4O4. The number of alkyl carbamates (subject to hydrolysis) is 1. The third-order valence-corrected chi connectivity index (χ3v) is 5.57. The Morgan fingerprint density at radius 3 is 2.53 bits per heavy atom. The molecule has 0 unspecified atom stereocenters. The maximum atomic E-state index is 12.1. The number of ether oxygens (including phenoxy) is 1. The second-order valence-electron chi connectivity index (χ2n) is 8.90. The van der Waals surface area contributed by atoms with Crippen LogP contribution in [0.2, 0.25) is 5.02 Å². The number of rotatable bonds is 4. The van der Waals surface area contributed by atoms with E-state index < -0.39 is 17.8 Å². The van der Waals surface area contributed by atoms with Crippen molar-refractivity contribution in [1.29, 1.82) is 0 Å². The summed E-state index contributed by atoms with van der Waals surface area (Å²) in [5.41, 5.74) is 1.70. The third kappa shape index (κ3) is 6.15. The first-order chi connectivity index (χ1) is 14.1. The quantitative estimate of drug-likeness (QED) is 0.750. The average Bonchev–Trinajstić information content (AvgIpc) is 3.10. The number of halogens is 1. The number of hydrogen-bond donors (Lipinski definition) is 2. The van der Waals surface area contributed by atoms with Crippen LogP contribution >= 0.6 is 11.6 Å². The largest absolute Gasteiger partial charge is 0.465 e. The lowest BCUT2D eigenvalue weighted by Gasteiger charge is -2.34. The second-order valence-corrected chi connectivity index (χ2v) is 9.33. The van der Waals surface area contributed by atoms with Gasteiger partial charge in [-0.05, 0) is 44.9 Å². The number of hydrogen-bond acceptors (Lipinski definition) is 5. The summed E-state index contributed by atoms with van der Waals surface area (Å²) in [5, 5.41) is 12.8. The van der Waals surface area contributed by atoms with Gasteiger partial charge in [-0.1, -0.05) is 17.7 Å². The van der Waals surface area contributed by atoms with Gasteiger partial charge in [0.2, 0.25) is 0 Å². The average molecular weight is 439 g/mol. The number of nitrogens with zero attached hydrogens (tertiary/aromatic N) is 3. The molecule has 0 aromatic heterocycles. The Bertz CT molecular complexity index is 775. The minimum Gasteiger partial charge on any atom is -0.465 e. The van der Waals surface area contributed by atoms with Gasteiger partial charge < -0.3 is 25.0 Å². The number of anilines is 1. The van der Waals surface area contributed by atoms with Crippen molar-refractivity contribution < 1.29 is 19.4 Å². The fourth-order valence-corrected chi connectivity index (χ4v) is 4.04. The fraction of sp³-hybridized carbons (Fsp3) is 0.619. The van der Waals surface area contributed by atoms with Crippen molar-refractivity contribution in [3.8, 4) is 0 Å². The predicted octanol–water partition coefficient (Wildman–Crippen LogP) is 3.24. The van der Waals surface area contributed by atoms with E-state index >= 15 is 0 Å². The molecule has 2 N–H and O–H groups in total. The van der Waals surface area contributed by atoms with E-state index in [2.05, 4.69) is 15.1 Å². The van der Waals surface area contributed by atoms with Crippen molar-refractivity contribution in [3.63, 3.8) is 0 Å². The first-order valence-corrected chi connectivity index (χ1v) is 10.7. The molecule has 0 aliphatic carbocycles. The molecule has 2 saturated heterocycles. The van der Waals surface area contributed by atoms with Gasteiger partial charge in [0.05, 0.1) is 6.04 Å². The molecule has 1 aromatic rings. The first-order valence-electron chi connectivity index (χ1n) is 10.3. The lowest BCUT2D eigenvalue weighted by molar-refractivity contribution is 0.0509. The van der Waals surface area contributed by atoms with Crippen LogP contribution in [0.1, 0.15) is 32.8 Å². The normalized spacial score (nSPS) is 20.3. The number of carbonyl (C=O) groups excluding carboxylic acids is 1. The van der Waals surface area contributed by atoms with E-state index in [-0.39, 0.29) is 6.04 Å². The van der Waals surface area contributed by atoms with Crippen LogP contribution in [0.15, 0.2) is 18.2 Å². The summed E-state index contributed by atoms with van der Waals surface area (Å²) in [7, 11) is 0. The number of nitrogens with one attached hydrogen (secondary N) is 1. The highest BCUT2D eigenvalue weighted by Crippen LogP contribution is 2.29. The zero-order chi connectivity index (χ0) is 21.9. The Morgan fingerprint density at radius 2 is 1.90 bits per heavy atom. The molecule has 166 valence electrons. The first kappa shape index (κ1) is 22.5. The Balaban J connectivity index is 1.62. The molecule has 3 rings (SSSR count). The molecule has 2 aliphatic rings. The van der Waals surface area contributed by atoms with Gasteiger partial charge in [-0.15, -0.1) is 0 Å². The molecule has 2 amide bonds. The lowest BCUT2D eigenvalue weighted by Crippen LogP contribution is -2.47. The van der Waals surface area contributed by atoms with Crippen molar-refractivity contribution in [3.05, 3.63) is 28.8 Å². The van der Waals surface area contributed by atoms with Crippen molar-refractivity contribution >= 4 is 29.5 Å². The molecule has 1 atom stereocenters. The summed E-state index contributed by atoms with van der Waals surface area (Å²) < 4.78 is 5.37. The van der Waals surface area contributed by atoms with Gasteiger partial charge in [-0.2, -0.15) is 0 Å². The number of amides is 2. The highest BCUT2D eigenvalue weighted by molar-refractivity contribution is 6.30. The highest BCUT2D eigenvalue weighted by Gasteiger charge is 2.28. The standard InChI is InChI=1S/C21H31ClN4O4/c1-21(2,3)30-19(27)23-17-6-7-26(14-17)18-12-16(22)5-4-15(18)13-24-8-10-25(11-9-24)20(28)29/h4-5,12,17H,6-11,13-14H2,1-3H3,(H,23,27)(H,28,29)/t17-/m1/s1. The monoisotopic (exact) mass is 438 g/mol. The van der Waals surface area contributed by atoms with Crippen molar-refractivity contribution in [2.75, 3.05) is 44.2 Å². The van der Waals surface area contributed by atoms with E-state index in [1.165, 1.54) is 4.90 Å². The van der Waals surface area contributed by atoms with Gasteiger partial charge >= 0.3 is 12.2 Å². The van der Waals surface area contributed by atoms with Gasteiger partial charge in [0.15, 0.2) is 0 Å². The van der Waals surface area contributed by atoms with E-state index in [1.807, 2.05) is 39.0 Å². The minimum absolute atomic E-state index is 0.0193. The predicted molar refractivity (Wildman–Crippen MR) is 116 cm³/mol. The van der Waals surface area contributed by atoms with E-state index in [0.29, 0.717) is 37.7 Å². The second kappa shape index (κ2) is 9.31. The minimum atomic E-state index is -0.859. The van der Waals surface area contributed by atoms with E-state index in [0.717, 1.165) is 30.8 Å². The molecule has 2 fully saturated rings.